The van der Waals surface area contributed by atoms with Gasteiger partial charge in [-0.15, -0.1) is 11.6 Å². The fourth-order valence-electron chi connectivity index (χ4n) is 2.14. The van der Waals surface area contributed by atoms with Crippen molar-refractivity contribution in [2.24, 2.45) is 0 Å². The van der Waals surface area contributed by atoms with E-state index in [0.717, 1.165) is 55.2 Å². The molecule has 104 valence electrons. The van der Waals surface area contributed by atoms with Crippen LogP contribution in [0, 0.1) is 6.92 Å². The Kier molecular flexibility index (Phi) is 5.16. The SMILES string of the molecule is CCOCCCn1c(CCCl)nc2cc(C)cnc21. The quantitative estimate of drug-likeness (QED) is 0.579. The van der Waals surface area contributed by atoms with Crippen LogP contribution in [0.5, 0.6) is 0 Å². The van der Waals surface area contributed by atoms with Gasteiger partial charge in [-0.3, -0.25) is 0 Å². The van der Waals surface area contributed by atoms with Crippen molar-refractivity contribution in [2.75, 3.05) is 19.1 Å². The van der Waals surface area contributed by atoms with Gasteiger partial charge in [-0.25, -0.2) is 9.97 Å². The van der Waals surface area contributed by atoms with Crippen LogP contribution in [0.2, 0.25) is 0 Å². The molecule has 0 saturated carbocycles. The number of aromatic nitrogens is 3. The fraction of sp³-hybridized carbons (Fsp3) is 0.571. The first kappa shape index (κ1) is 14.3. The average molecular weight is 282 g/mol. The normalized spacial score (nSPS) is 11.3. The van der Waals surface area contributed by atoms with Gasteiger partial charge in [0.15, 0.2) is 5.65 Å². The van der Waals surface area contributed by atoms with E-state index in [9.17, 15) is 0 Å². The molecular weight excluding hydrogens is 262 g/mol. The standard InChI is InChI=1S/C14H20ClN3O/c1-3-19-8-4-7-18-13(5-6-15)17-12-9-11(2)10-16-14(12)18/h9-10H,3-8H2,1-2H3. The van der Waals surface area contributed by atoms with Crippen molar-refractivity contribution >= 4 is 22.8 Å². The molecule has 0 aliphatic rings. The summed E-state index contributed by atoms with van der Waals surface area (Å²) in [6.07, 6.45) is 3.61. The molecule has 4 nitrogen and oxygen atoms in total. The molecule has 0 bridgehead atoms. The van der Waals surface area contributed by atoms with E-state index in [1.54, 1.807) is 0 Å². The molecule has 0 atom stereocenters. The summed E-state index contributed by atoms with van der Waals surface area (Å²) in [6, 6.07) is 2.07. The van der Waals surface area contributed by atoms with Gasteiger partial charge >= 0.3 is 0 Å². The number of alkyl halides is 1. The van der Waals surface area contributed by atoms with Gasteiger partial charge in [-0.2, -0.15) is 0 Å². The Morgan fingerprint density at radius 3 is 3.00 bits per heavy atom. The summed E-state index contributed by atoms with van der Waals surface area (Å²) in [7, 11) is 0. The number of aryl methyl sites for hydroxylation is 3. The molecule has 2 aromatic rings. The summed E-state index contributed by atoms with van der Waals surface area (Å²) in [6.45, 7) is 6.44. The minimum Gasteiger partial charge on any atom is -0.382 e. The van der Waals surface area contributed by atoms with Gasteiger partial charge in [-0.05, 0) is 31.9 Å². The first-order valence-electron chi connectivity index (χ1n) is 6.71. The van der Waals surface area contributed by atoms with E-state index in [1.165, 1.54) is 0 Å². The van der Waals surface area contributed by atoms with Gasteiger partial charge in [0.05, 0.1) is 0 Å². The number of fused-ring (bicyclic) bond motifs is 1. The van der Waals surface area contributed by atoms with Gasteiger partial charge in [-0.1, -0.05) is 0 Å². The molecule has 0 fully saturated rings. The lowest BCUT2D eigenvalue weighted by Gasteiger charge is -2.07. The number of rotatable bonds is 7. The maximum absolute atomic E-state index is 5.85. The lowest BCUT2D eigenvalue weighted by Crippen LogP contribution is -2.08. The van der Waals surface area contributed by atoms with Crippen LogP contribution in [0.15, 0.2) is 12.3 Å². The predicted molar refractivity (Wildman–Crippen MR) is 77.8 cm³/mol. The molecule has 0 amide bonds. The van der Waals surface area contributed by atoms with E-state index in [0.29, 0.717) is 5.88 Å². The van der Waals surface area contributed by atoms with Crippen LogP contribution in [-0.2, 0) is 17.7 Å². The fourth-order valence-corrected chi connectivity index (χ4v) is 2.31. The van der Waals surface area contributed by atoms with Crippen molar-refractivity contribution in [3.8, 4) is 0 Å². The van der Waals surface area contributed by atoms with Crippen molar-refractivity contribution in [3.05, 3.63) is 23.7 Å². The average Bonchev–Trinajstić information content (AvgIpc) is 2.72. The van der Waals surface area contributed by atoms with E-state index in [2.05, 4.69) is 20.6 Å². The lowest BCUT2D eigenvalue weighted by atomic mass is 10.3. The number of hydrogen-bond acceptors (Lipinski definition) is 3. The van der Waals surface area contributed by atoms with Crippen LogP contribution in [-0.4, -0.2) is 33.6 Å². The minimum absolute atomic E-state index is 0.577. The van der Waals surface area contributed by atoms with Gasteiger partial charge in [0, 0.05) is 38.3 Å². The molecule has 2 rings (SSSR count). The molecular formula is C14H20ClN3O. The van der Waals surface area contributed by atoms with Crippen molar-refractivity contribution in [2.45, 2.75) is 33.2 Å². The Morgan fingerprint density at radius 2 is 2.26 bits per heavy atom. The van der Waals surface area contributed by atoms with E-state index in [4.69, 9.17) is 16.3 Å². The zero-order valence-electron chi connectivity index (χ0n) is 11.5. The summed E-state index contributed by atoms with van der Waals surface area (Å²) in [5, 5.41) is 0. The third kappa shape index (κ3) is 3.45. The van der Waals surface area contributed by atoms with Crippen molar-refractivity contribution in [1.29, 1.82) is 0 Å². The lowest BCUT2D eigenvalue weighted by molar-refractivity contribution is 0.141. The highest BCUT2D eigenvalue weighted by molar-refractivity contribution is 6.17. The molecule has 0 aliphatic heterocycles. The number of pyridine rings is 1. The molecule has 19 heavy (non-hydrogen) atoms. The van der Waals surface area contributed by atoms with E-state index >= 15 is 0 Å². The van der Waals surface area contributed by atoms with Crippen LogP contribution in [0.25, 0.3) is 11.2 Å². The number of ether oxygens (including phenoxy) is 1. The molecule has 0 unspecified atom stereocenters. The van der Waals surface area contributed by atoms with Crippen LogP contribution < -0.4 is 0 Å². The molecule has 0 N–H and O–H groups in total. The molecule has 0 saturated heterocycles. The molecule has 0 radical (unpaired) electrons. The molecule has 2 aromatic heterocycles. The zero-order valence-corrected chi connectivity index (χ0v) is 12.3. The Bertz CT molecular complexity index is 539. The van der Waals surface area contributed by atoms with E-state index in [-0.39, 0.29) is 0 Å². The predicted octanol–water partition coefficient (Wildman–Crippen LogP) is 2.95. The smallest absolute Gasteiger partial charge is 0.160 e. The number of halogens is 1. The summed E-state index contributed by atoms with van der Waals surface area (Å²) >= 11 is 5.85. The van der Waals surface area contributed by atoms with E-state index in [1.807, 2.05) is 20.0 Å². The molecule has 0 aromatic carbocycles. The molecule has 0 spiro atoms. The Morgan fingerprint density at radius 1 is 1.42 bits per heavy atom. The zero-order chi connectivity index (χ0) is 13.7. The molecule has 2 heterocycles. The van der Waals surface area contributed by atoms with Crippen molar-refractivity contribution < 1.29 is 4.74 Å². The topological polar surface area (TPSA) is 39.9 Å². The highest BCUT2D eigenvalue weighted by Gasteiger charge is 2.11. The summed E-state index contributed by atoms with van der Waals surface area (Å²) in [4.78, 5) is 9.14. The summed E-state index contributed by atoms with van der Waals surface area (Å²) in [5.41, 5.74) is 3.03. The van der Waals surface area contributed by atoms with Crippen molar-refractivity contribution in [1.82, 2.24) is 14.5 Å². The maximum Gasteiger partial charge on any atom is 0.160 e. The van der Waals surface area contributed by atoms with Crippen LogP contribution in [0.4, 0.5) is 0 Å². The minimum atomic E-state index is 0.577. The highest BCUT2D eigenvalue weighted by atomic mass is 35.5. The third-order valence-corrected chi connectivity index (χ3v) is 3.18. The monoisotopic (exact) mass is 281 g/mol. The molecule has 0 aliphatic carbocycles. The Hall–Kier alpha value is -1.13. The maximum atomic E-state index is 5.85. The van der Waals surface area contributed by atoms with Crippen LogP contribution in [0.1, 0.15) is 24.7 Å². The first-order chi connectivity index (χ1) is 9.26. The van der Waals surface area contributed by atoms with Gasteiger partial charge < -0.3 is 9.30 Å². The summed E-state index contributed by atoms with van der Waals surface area (Å²) < 4.78 is 7.55. The van der Waals surface area contributed by atoms with Crippen LogP contribution >= 0.6 is 11.6 Å². The van der Waals surface area contributed by atoms with Crippen molar-refractivity contribution in [3.63, 3.8) is 0 Å². The van der Waals surface area contributed by atoms with Gasteiger partial charge in [0.1, 0.15) is 11.3 Å². The second-order valence-electron chi connectivity index (χ2n) is 4.52. The number of hydrogen-bond donors (Lipinski definition) is 0. The Balaban J connectivity index is 2.24. The number of nitrogens with zero attached hydrogens (tertiary/aromatic N) is 3. The highest BCUT2D eigenvalue weighted by Crippen LogP contribution is 2.16. The van der Waals surface area contributed by atoms with Gasteiger partial charge in [0.25, 0.3) is 0 Å². The third-order valence-electron chi connectivity index (χ3n) is 2.99. The summed E-state index contributed by atoms with van der Waals surface area (Å²) in [5.74, 6) is 1.59. The largest absolute Gasteiger partial charge is 0.382 e. The molecule has 5 heteroatoms. The first-order valence-corrected chi connectivity index (χ1v) is 7.25. The van der Waals surface area contributed by atoms with E-state index < -0.39 is 0 Å². The number of imidazole rings is 1. The van der Waals surface area contributed by atoms with Gasteiger partial charge in [0.2, 0.25) is 0 Å². The second-order valence-corrected chi connectivity index (χ2v) is 4.90. The Labute approximate surface area is 118 Å². The second kappa shape index (κ2) is 6.87. The van der Waals surface area contributed by atoms with Crippen LogP contribution in [0.3, 0.4) is 0 Å².